The minimum atomic E-state index is -2.48. The summed E-state index contributed by atoms with van der Waals surface area (Å²) in [5.74, 6) is 3.24. The molecule has 0 spiro atoms. The summed E-state index contributed by atoms with van der Waals surface area (Å²) in [7, 11) is 0. The molecular formula is C27H30ClF2N7O. The number of aromatic nitrogens is 2. The Morgan fingerprint density at radius 2 is 2.05 bits per heavy atom. The van der Waals surface area contributed by atoms with Crippen LogP contribution in [0.3, 0.4) is 0 Å². The van der Waals surface area contributed by atoms with E-state index in [2.05, 4.69) is 58.3 Å². The van der Waals surface area contributed by atoms with Crippen LogP contribution in [0.4, 0.5) is 20.2 Å². The predicted octanol–water partition coefficient (Wildman–Crippen LogP) is 5.74. The lowest BCUT2D eigenvalue weighted by molar-refractivity contribution is 0.00911. The van der Waals surface area contributed by atoms with Crippen LogP contribution in [0.1, 0.15) is 56.7 Å². The summed E-state index contributed by atoms with van der Waals surface area (Å²) in [6.45, 7) is 8.88. The van der Waals surface area contributed by atoms with Gasteiger partial charge in [-0.25, -0.2) is 13.8 Å². The zero-order chi connectivity index (χ0) is 27.2. The normalized spacial score (nSPS) is 17.2. The molecule has 200 valence electrons. The van der Waals surface area contributed by atoms with Crippen molar-refractivity contribution >= 4 is 33.9 Å². The highest BCUT2D eigenvalue weighted by Crippen LogP contribution is 2.47. The molecule has 5 rings (SSSR count). The van der Waals surface area contributed by atoms with Gasteiger partial charge in [-0.2, -0.15) is 0 Å². The molecule has 38 heavy (non-hydrogen) atoms. The monoisotopic (exact) mass is 541 g/mol. The SMILES string of the molecule is C#Cc1cnc2c(Cl)cc(N[C@H](C3=CN(C4(C(F)F)CC4)NN3)c3ocnc3C)cc2c1NCC(C)(C)C. The lowest BCUT2D eigenvalue weighted by Crippen LogP contribution is -2.48. The maximum absolute atomic E-state index is 13.7. The molecule has 1 fully saturated rings. The molecule has 1 aliphatic carbocycles. The van der Waals surface area contributed by atoms with Crippen molar-refractivity contribution in [3.63, 3.8) is 0 Å². The van der Waals surface area contributed by atoms with Crippen LogP contribution in [0.2, 0.25) is 5.02 Å². The minimum absolute atomic E-state index is 0.00661. The molecule has 3 aromatic rings. The fraction of sp³-hybridized carbons (Fsp3) is 0.407. The highest BCUT2D eigenvalue weighted by Gasteiger charge is 2.56. The number of rotatable bonds is 8. The standard InChI is InChI=1S/C27H30ClF2N7O/c1-6-16-11-31-22-18(21(16)32-13-26(3,4)5)9-17(10-19(22)28)34-23(24-15(2)33-14-38-24)20-12-37(36-35-20)27(7-8-27)25(29)30/h1,9-12,14,23,25,34-36H,7-8,13H2,2-5H3,(H,31,32)/t23-/m1/s1. The lowest BCUT2D eigenvalue weighted by atomic mass is 9.96. The number of nitrogens with one attached hydrogen (secondary N) is 4. The Balaban J connectivity index is 1.55. The maximum Gasteiger partial charge on any atom is 0.262 e. The van der Waals surface area contributed by atoms with Crippen molar-refractivity contribution in [3.05, 3.63) is 58.7 Å². The van der Waals surface area contributed by atoms with Gasteiger partial charge in [-0.15, -0.1) is 12.0 Å². The summed E-state index contributed by atoms with van der Waals surface area (Å²) in [5.41, 5.74) is 8.61. The first-order chi connectivity index (χ1) is 18.0. The van der Waals surface area contributed by atoms with Crippen LogP contribution in [0, 0.1) is 24.7 Å². The van der Waals surface area contributed by atoms with Crippen LogP contribution in [0.25, 0.3) is 10.9 Å². The van der Waals surface area contributed by atoms with Crippen LogP contribution in [-0.4, -0.2) is 33.5 Å². The average Bonchev–Trinajstić information content (AvgIpc) is 3.33. The molecule has 4 N–H and O–H groups in total. The third-order valence-corrected chi connectivity index (χ3v) is 7.07. The number of hydrogen-bond donors (Lipinski definition) is 4. The van der Waals surface area contributed by atoms with Crippen LogP contribution >= 0.6 is 11.6 Å². The number of oxazole rings is 1. The number of pyridine rings is 1. The van der Waals surface area contributed by atoms with Gasteiger partial charge in [-0.05, 0) is 37.3 Å². The Hall–Kier alpha value is -3.55. The van der Waals surface area contributed by atoms with Crippen LogP contribution in [0.15, 0.2) is 41.0 Å². The third kappa shape index (κ3) is 4.84. The van der Waals surface area contributed by atoms with Crippen molar-refractivity contribution in [1.29, 1.82) is 0 Å². The topological polar surface area (TPSA) is 90.3 Å². The van der Waals surface area contributed by atoms with Crippen LogP contribution in [-0.2, 0) is 0 Å². The first-order valence-corrected chi connectivity index (χ1v) is 12.7. The first-order valence-electron chi connectivity index (χ1n) is 12.3. The van der Waals surface area contributed by atoms with Gasteiger partial charge in [-0.1, -0.05) is 38.3 Å². The number of anilines is 2. The second-order valence-electron chi connectivity index (χ2n) is 10.9. The smallest absolute Gasteiger partial charge is 0.262 e. The second-order valence-corrected chi connectivity index (χ2v) is 11.3. The molecule has 1 aliphatic heterocycles. The number of hydrazine groups is 2. The molecule has 0 saturated heterocycles. The number of alkyl halides is 2. The highest BCUT2D eigenvalue weighted by atomic mass is 35.5. The van der Waals surface area contributed by atoms with Crippen molar-refractivity contribution in [2.24, 2.45) is 5.41 Å². The van der Waals surface area contributed by atoms with Crippen molar-refractivity contribution in [2.45, 2.75) is 58.5 Å². The highest BCUT2D eigenvalue weighted by molar-refractivity contribution is 6.35. The van der Waals surface area contributed by atoms with Crippen LogP contribution in [0.5, 0.6) is 0 Å². The summed E-state index contributed by atoms with van der Waals surface area (Å²) in [6, 6.07) is 3.11. The Labute approximate surface area is 225 Å². The predicted molar refractivity (Wildman–Crippen MR) is 144 cm³/mol. The molecule has 2 aliphatic rings. The largest absolute Gasteiger partial charge is 0.446 e. The van der Waals surface area contributed by atoms with E-state index in [1.807, 2.05) is 13.0 Å². The minimum Gasteiger partial charge on any atom is -0.446 e. The number of benzene rings is 1. The van der Waals surface area contributed by atoms with Gasteiger partial charge >= 0.3 is 0 Å². The number of hydrogen-bond acceptors (Lipinski definition) is 8. The van der Waals surface area contributed by atoms with E-state index in [0.717, 1.165) is 11.1 Å². The van der Waals surface area contributed by atoms with E-state index >= 15 is 0 Å². The van der Waals surface area contributed by atoms with E-state index in [9.17, 15) is 8.78 Å². The van der Waals surface area contributed by atoms with Gasteiger partial charge in [0, 0.05) is 30.0 Å². The Morgan fingerprint density at radius 1 is 1.29 bits per heavy atom. The van der Waals surface area contributed by atoms with E-state index in [1.54, 1.807) is 18.5 Å². The van der Waals surface area contributed by atoms with Gasteiger partial charge in [0.15, 0.2) is 12.2 Å². The lowest BCUT2D eigenvalue weighted by Gasteiger charge is -2.25. The quantitative estimate of drug-likeness (QED) is 0.268. The number of terminal acetylenes is 1. The fourth-order valence-electron chi connectivity index (χ4n) is 4.44. The van der Waals surface area contributed by atoms with E-state index < -0.39 is 18.0 Å². The molecule has 11 heteroatoms. The Bertz CT molecular complexity index is 1440. The van der Waals surface area contributed by atoms with Gasteiger partial charge in [-0.3, -0.25) is 9.99 Å². The van der Waals surface area contributed by atoms with Gasteiger partial charge < -0.3 is 20.5 Å². The molecule has 1 atom stereocenters. The van der Waals surface area contributed by atoms with Gasteiger partial charge in [0.05, 0.1) is 33.2 Å². The Kier molecular flexibility index (Phi) is 6.61. The van der Waals surface area contributed by atoms with Crippen molar-refractivity contribution < 1.29 is 13.2 Å². The van der Waals surface area contributed by atoms with Gasteiger partial charge in [0.25, 0.3) is 6.43 Å². The Morgan fingerprint density at radius 3 is 2.66 bits per heavy atom. The summed E-state index contributed by atoms with van der Waals surface area (Å²) < 4.78 is 33.2. The van der Waals surface area contributed by atoms with E-state index in [0.29, 0.717) is 58.3 Å². The third-order valence-electron chi connectivity index (χ3n) is 6.78. The molecule has 0 unspecified atom stereocenters. The molecule has 1 aromatic carbocycles. The van der Waals surface area contributed by atoms with Crippen molar-refractivity contribution in [1.82, 2.24) is 25.9 Å². The molecule has 0 amide bonds. The second kappa shape index (κ2) is 9.64. The molecule has 0 radical (unpaired) electrons. The average molecular weight is 542 g/mol. The van der Waals surface area contributed by atoms with E-state index in [4.69, 9.17) is 22.4 Å². The van der Waals surface area contributed by atoms with Gasteiger partial charge in [0.1, 0.15) is 11.6 Å². The van der Waals surface area contributed by atoms with Crippen molar-refractivity contribution in [3.8, 4) is 12.3 Å². The molecule has 0 bridgehead atoms. The zero-order valence-corrected chi connectivity index (χ0v) is 22.4. The maximum atomic E-state index is 13.7. The summed E-state index contributed by atoms with van der Waals surface area (Å²) in [6.07, 6.45) is 8.75. The van der Waals surface area contributed by atoms with Crippen LogP contribution < -0.4 is 21.6 Å². The fourth-order valence-corrected chi connectivity index (χ4v) is 4.71. The number of fused-ring (bicyclic) bond motifs is 1. The van der Waals surface area contributed by atoms with Gasteiger partial charge in [0.2, 0.25) is 0 Å². The molecule has 2 aromatic heterocycles. The van der Waals surface area contributed by atoms with Crippen molar-refractivity contribution in [2.75, 3.05) is 17.2 Å². The number of nitrogens with zero attached hydrogens (tertiary/aromatic N) is 3. The molecule has 1 saturated carbocycles. The zero-order valence-electron chi connectivity index (χ0n) is 21.6. The molecule has 8 nitrogen and oxygen atoms in total. The first kappa shape index (κ1) is 26.1. The molecular weight excluding hydrogens is 512 g/mol. The summed E-state index contributed by atoms with van der Waals surface area (Å²) in [4.78, 5) is 8.72. The number of aryl methyl sites for hydroxylation is 1. The number of halogens is 3. The molecule has 3 heterocycles. The van der Waals surface area contributed by atoms with E-state index in [-0.39, 0.29) is 5.41 Å². The van der Waals surface area contributed by atoms with E-state index in [1.165, 1.54) is 11.4 Å². The summed E-state index contributed by atoms with van der Waals surface area (Å²) in [5, 5.41) is 9.56. The summed E-state index contributed by atoms with van der Waals surface area (Å²) >= 11 is 6.69.